The maximum absolute atomic E-state index is 11.5. The molecule has 0 unspecified atom stereocenters. The Labute approximate surface area is 142 Å². The van der Waals surface area contributed by atoms with Crippen LogP contribution in [0.1, 0.15) is 29.5 Å². The summed E-state index contributed by atoms with van der Waals surface area (Å²) < 4.78 is 11.7. The predicted octanol–water partition coefficient (Wildman–Crippen LogP) is 2.84. The highest BCUT2D eigenvalue weighted by atomic mass is 16.6. The summed E-state index contributed by atoms with van der Waals surface area (Å²) in [5.41, 5.74) is 2.32. The van der Waals surface area contributed by atoms with E-state index >= 15 is 0 Å². The Morgan fingerprint density at radius 2 is 1.62 bits per heavy atom. The Balaban J connectivity index is 1.79. The molecule has 4 rings (SSSR count). The molecule has 0 radical (unpaired) electrons. The number of methoxy groups -OCH3 is 1. The highest BCUT2D eigenvalue weighted by Gasteiger charge is 2.54. The summed E-state index contributed by atoms with van der Waals surface area (Å²) >= 11 is 0. The van der Waals surface area contributed by atoms with Crippen LogP contribution in [0.4, 0.5) is 0 Å². The normalized spacial score (nSPS) is 25.6. The summed E-state index contributed by atoms with van der Waals surface area (Å²) in [6.07, 6.45) is 1.78. The van der Waals surface area contributed by atoms with E-state index < -0.39 is 11.4 Å². The summed E-state index contributed by atoms with van der Waals surface area (Å²) in [5.74, 6) is -0.638. The van der Waals surface area contributed by atoms with Gasteiger partial charge in [-0.3, -0.25) is 0 Å². The van der Waals surface area contributed by atoms with E-state index in [1.807, 2.05) is 42.5 Å². The second-order valence-electron chi connectivity index (χ2n) is 6.82. The van der Waals surface area contributed by atoms with E-state index in [0.29, 0.717) is 0 Å². The van der Waals surface area contributed by atoms with Gasteiger partial charge in [0.05, 0.1) is 7.11 Å². The van der Waals surface area contributed by atoms with Crippen LogP contribution in [0.2, 0.25) is 0 Å². The Kier molecular flexibility index (Phi) is 3.64. The van der Waals surface area contributed by atoms with Crippen molar-refractivity contribution in [2.24, 2.45) is 0 Å². The topological polar surface area (TPSA) is 41.9 Å². The quantitative estimate of drug-likeness (QED) is 0.922. The standard InChI is InChI=1S/C20H23NO3/c1-21-13-11-19(12-14-21)17-5-3-4-6-18(17)20(22,24-19)15-7-9-16(23-2)10-8-15/h3-10,22H,11-14H2,1-2H3/t20-/m1/s1. The molecule has 2 aliphatic heterocycles. The molecule has 0 saturated carbocycles. The van der Waals surface area contributed by atoms with E-state index in [-0.39, 0.29) is 0 Å². The number of hydrogen-bond donors (Lipinski definition) is 1. The van der Waals surface area contributed by atoms with Crippen LogP contribution in [0, 0.1) is 0 Å². The first-order valence-electron chi connectivity index (χ1n) is 8.43. The minimum Gasteiger partial charge on any atom is -0.497 e. The molecular formula is C20H23NO3. The average molecular weight is 325 g/mol. The summed E-state index contributed by atoms with van der Waals surface area (Å²) in [6.45, 7) is 1.93. The van der Waals surface area contributed by atoms with Crippen LogP contribution < -0.4 is 4.74 Å². The molecule has 0 aromatic heterocycles. The van der Waals surface area contributed by atoms with Gasteiger partial charge >= 0.3 is 0 Å². The van der Waals surface area contributed by atoms with Gasteiger partial charge in [0.15, 0.2) is 0 Å². The molecule has 1 N–H and O–H groups in total. The monoisotopic (exact) mass is 325 g/mol. The molecule has 2 aromatic carbocycles. The van der Waals surface area contributed by atoms with Crippen LogP contribution in [0.3, 0.4) is 0 Å². The molecule has 1 saturated heterocycles. The number of aliphatic hydroxyl groups is 1. The summed E-state index contributed by atoms with van der Waals surface area (Å²) in [6, 6.07) is 15.5. The van der Waals surface area contributed by atoms with Crippen molar-refractivity contribution in [3.63, 3.8) is 0 Å². The van der Waals surface area contributed by atoms with Crippen molar-refractivity contribution in [2.75, 3.05) is 27.2 Å². The maximum atomic E-state index is 11.5. The molecule has 2 aromatic rings. The number of benzene rings is 2. The number of fused-ring (bicyclic) bond motifs is 2. The van der Waals surface area contributed by atoms with Crippen molar-refractivity contribution in [1.29, 1.82) is 0 Å². The molecule has 126 valence electrons. The zero-order valence-electron chi connectivity index (χ0n) is 14.2. The second kappa shape index (κ2) is 5.59. The van der Waals surface area contributed by atoms with Crippen molar-refractivity contribution in [1.82, 2.24) is 4.90 Å². The van der Waals surface area contributed by atoms with Gasteiger partial charge in [-0.2, -0.15) is 0 Å². The van der Waals surface area contributed by atoms with Crippen LogP contribution in [0.5, 0.6) is 5.75 Å². The molecule has 2 aliphatic rings. The fourth-order valence-corrected chi connectivity index (χ4v) is 3.95. The average Bonchev–Trinajstić information content (AvgIpc) is 2.88. The third kappa shape index (κ3) is 2.25. The number of nitrogens with zero attached hydrogens (tertiary/aromatic N) is 1. The first-order chi connectivity index (χ1) is 11.6. The largest absolute Gasteiger partial charge is 0.497 e. The Hall–Kier alpha value is -1.88. The lowest BCUT2D eigenvalue weighted by Crippen LogP contribution is -2.42. The van der Waals surface area contributed by atoms with Gasteiger partial charge in [-0.15, -0.1) is 0 Å². The van der Waals surface area contributed by atoms with Gasteiger partial charge in [-0.05, 0) is 49.7 Å². The van der Waals surface area contributed by atoms with Gasteiger partial charge in [-0.25, -0.2) is 0 Å². The lowest BCUT2D eigenvalue weighted by atomic mass is 9.83. The van der Waals surface area contributed by atoms with Gasteiger partial charge in [0.1, 0.15) is 11.4 Å². The third-order valence-corrected chi connectivity index (χ3v) is 5.40. The smallest absolute Gasteiger partial charge is 0.221 e. The molecular weight excluding hydrogens is 302 g/mol. The molecule has 24 heavy (non-hydrogen) atoms. The summed E-state index contributed by atoms with van der Waals surface area (Å²) in [7, 11) is 3.77. The fourth-order valence-electron chi connectivity index (χ4n) is 3.95. The van der Waals surface area contributed by atoms with Gasteiger partial charge in [0, 0.05) is 24.2 Å². The van der Waals surface area contributed by atoms with Crippen molar-refractivity contribution < 1.29 is 14.6 Å². The number of rotatable bonds is 2. The lowest BCUT2D eigenvalue weighted by molar-refractivity contribution is -0.244. The minimum absolute atomic E-state index is 0.405. The number of ether oxygens (including phenoxy) is 2. The molecule has 4 heteroatoms. The van der Waals surface area contributed by atoms with E-state index in [1.165, 1.54) is 0 Å². The van der Waals surface area contributed by atoms with E-state index in [9.17, 15) is 5.11 Å². The van der Waals surface area contributed by atoms with E-state index in [0.717, 1.165) is 48.4 Å². The van der Waals surface area contributed by atoms with Crippen LogP contribution in [-0.2, 0) is 16.1 Å². The van der Waals surface area contributed by atoms with Gasteiger partial charge < -0.3 is 19.5 Å². The Morgan fingerprint density at radius 1 is 1.00 bits per heavy atom. The van der Waals surface area contributed by atoms with Crippen molar-refractivity contribution in [3.8, 4) is 5.75 Å². The first kappa shape index (κ1) is 15.6. The number of piperidine rings is 1. The molecule has 0 bridgehead atoms. The fraction of sp³-hybridized carbons (Fsp3) is 0.400. The molecule has 4 nitrogen and oxygen atoms in total. The third-order valence-electron chi connectivity index (χ3n) is 5.40. The zero-order valence-corrected chi connectivity index (χ0v) is 14.2. The highest BCUT2D eigenvalue weighted by molar-refractivity contribution is 5.47. The molecule has 1 atom stereocenters. The number of hydrogen-bond acceptors (Lipinski definition) is 4. The minimum atomic E-state index is -1.40. The van der Waals surface area contributed by atoms with Crippen LogP contribution in [0.25, 0.3) is 0 Å². The molecule has 1 spiro atoms. The molecule has 0 aliphatic carbocycles. The predicted molar refractivity (Wildman–Crippen MR) is 91.9 cm³/mol. The highest BCUT2D eigenvalue weighted by Crippen LogP contribution is 2.53. The van der Waals surface area contributed by atoms with E-state index in [1.54, 1.807) is 7.11 Å². The van der Waals surface area contributed by atoms with Gasteiger partial charge in [0.2, 0.25) is 5.79 Å². The van der Waals surface area contributed by atoms with Crippen LogP contribution in [0.15, 0.2) is 48.5 Å². The first-order valence-corrected chi connectivity index (χ1v) is 8.43. The van der Waals surface area contributed by atoms with Gasteiger partial charge in [0.25, 0.3) is 0 Å². The van der Waals surface area contributed by atoms with E-state index in [2.05, 4.69) is 18.0 Å². The maximum Gasteiger partial charge on any atom is 0.221 e. The molecule has 2 heterocycles. The molecule has 0 amide bonds. The zero-order chi connectivity index (χ0) is 16.8. The number of likely N-dealkylation sites (tertiary alicyclic amines) is 1. The lowest BCUT2D eigenvalue weighted by Gasteiger charge is -2.39. The van der Waals surface area contributed by atoms with Crippen molar-refractivity contribution in [2.45, 2.75) is 24.2 Å². The molecule has 1 fully saturated rings. The second-order valence-corrected chi connectivity index (χ2v) is 6.82. The Bertz CT molecular complexity index is 735. The van der Waals surface area contributed by atoms with Crippen molar-refractivity contribution >= 4 is 0 Å². The van der Waals surface area contributed by atoms with Gasteiger partial charge in [-0.1, -0.05) is 24.3 Å². The van der Waals surface area contributed by atoms with Crippen molar-refractivity contribution in [3.05, 3.63) is 65.2 Å². The summed E-state index contributed by atoms with van der Waals surface area (Å²) in [5, 5.41) is 11.5. The summed E-state index contributed by atoms with van der Waals surface area (Å²) in [4.78, 5) is 2.31. The van der Waals surface area contributed by atoms with E-state index in [4.69, 9.17) is 9.47 Å². The van der Waals surface area contributed by atoms with Crippen LogP contribution >= 0.6 is 0 Å². The Morgan fingerprint density at radius 3 is 2.25 bits per heavy atom. The van der Waals surface area contributed by atoms with Crippen LogP contribution in [-0.4, -0.2) is 37.3 Å². The SMILES string of the molecule is COc1ccc([C@@]2(O)OC3(CCN(C)CC3)c3ccccc32)cc1.